The van der Waals surface area contributed by atoms with E-state index in [1.807, 2.05) is 0 Å². The lowest BCUT2D eigenvalue weighted by molar-refractivity contribution is -0.387. The Bertz CT molecular complexity index is 697. The van der Waals surface area contributed by atoms with E-state index in [4.69, 9.17) is 5.11 Å². The highest BCUT2D eigenvalue weighted by molar-refractivity contribution is 5.80. The van der Waals surface area contributed by atoms with E-state index in [1.54, 1.807) is 6.92 Å². The van der Waals surface area contributed by atoms with Crippen molar-refractivity contribution in [3.05, 3.63) is 48.8 Å². The molecule has 108 valence electrons. The van der Waals surface area contributed by atoms with Crippen LogP contribution >= 0.6 is 0 Å². The van der Waals surface area contributed by atoms with Crippen LogP contribution in [0.25, 0.3) is 0 Å². The normalized spacial score (nSPS) is 11.4. The lowest BCUT2D eigenvalue weighted by Crippen LogP contribution is -2.40. The molecule has 0 saturated heterocycles. The summed E-state index contributed by atoms with van der Waals surface area (Å²) in [5.74, 6) is -1.23. The van der Waals surface area contributed by atoms with Crippen LogP contribution in [0, 0.1) is 10.1 Å². The molecule has 9 heteroatoms. The van der Waals surface area contributed by atoms with Gasteiger partial charge in [-0.3, -0.25) is 24.0 Å². The molecule has 0 radical (unpaired) electrons. The van der Waals surface area contributed by atoms with Crippen LogP contribution in [0.3, 0.4) is 0 Å². The van der Waals surface area contributed by atoms with E-state index in [0.717, 1.165) is 16.8 Å². The summed E-state index contributed by atoms with van der Waals surface area (Å²) in [6.07, 6.45) is 1.72. The Morgan fingerprint density at radius 1 is 1.50 bits per heavy atom. The average molecular weight is 283 g/mol. The molecule has 1 N–H and O–H groups in total. The molecule has 0 aromatic carbocycles. The number of nitrogens with zero attached hydrogens (tertiary/aromatic N) is 3. The van der Waals surface area contributed by atoms with Gasteiger partial charge in [-0.2, -0.15) is 0 Å². The number of carboxylic acids is 1. The van der Waals surface area contributed by atoms with Gasteiger partial charge in [0, 0.05) is 12.6 Å². The molecule has 0 bridgehead atoms. The van der Waals surface area contributed by atoms with Gasteiger partial charge >= 0.3 is 22.9 Å². The van der Waals surface area contributed by atoms with Crippen molar-refractivity contribution >= 4 is 11.7 Å². The van der Waals surface area contributed by atoms with Crippen LogP contribution in [-0.4, -0.2) is 25.1 Å². The number of allylic oxidation sites excluding steroid dienone is 1. The number of carboxylic acid groups (broad SMARTS) is 1. The third-order valence-corrected chi connectivity index (χ3v) is 2.53. The molecule has 0 aliphatic rings. The Morgan fingerprint density at radius 2 is 2.10 bits per heavy atom. The fourth-order valence-electron chi connectivity index (χ4n) is 1.64. The molecule has 20 heavy (non-hydrogen) atoms. The summed E-state index contributed by atoms with van der Waals surface area (Å²) in [6, 6.07) is 0. The molecule has 0 atom stereocenters. The number of rotatable bonds is 5. The molecule has 9 nitrogen and oxygen atoms in total. The van der Waals surface area contributed by atoms with Crippen molar-refractivity contribution in [1.82, 2.24) is 9.13 Å². The predicted octanol–water partition coefficient (Wildman–Crippen LogP) is -0.0310. The zero-order valence-corrected chi connectivity index (χ0v) is 10.9. The largest absolute Gasteiger partial charge is 0.478 e. The maximum absolute atomic E-state index is 11.9. The van der Waals surface area contributed by atoms with E-state index in [9.17, 15) is 24.5 Å². The quantitative estimate of drug-likeness (QED) is 0.459. The maximum atomic E-state index is 11.9. The van der Waals surface area contributed by atoms with Gasteiger partial charge in [-0.1, -0.05) is 0 Å². The van der Waals surface area contributed by atoms with Gasteiger partial charge in [-0.25, -0.2) is 9.59 Å². The highest BCUT2D eigenvalue weighted by Gasteiger charge is 2.19. The predicted molar refractivity (Wildman–Crippen MR) is 68.7 cm³/mol. The van der Waals surface area contributed by atoms with E-state index in [2.05, 4.69) is 0 Å². The molecule has 0 saturated carbocycles. The molecule has 0 spiro atoms. The number of aliphatic carboxylic acids is 1. The van der Waals surface area contributed by atoms with Crippen LogP contribution in [0.2, 0.25) is 0 Å². The lowest BCUT2D eigenvalue weighted by Gasteiger charge is -2.08. The molecular formula is C11H13N3O6. The minimum absolute atomic E-state index is 0.154. The zero-order valence-electron chi connectivity index (χ0n) is 10.9. The van der Waals surface area contributed by atoms with Gasteiger partial charge in [0.25, 0.3) is 0 Å². The van der Waals surface area contributed by atoms with E-state index >= 15 is 0 Å². The first kappa shape index (κ1) is 15.3. The fraction of sp³-hybridized carbons (Fsp3) is 0.364. The molecule has 1 rings (SSSR count). The minimum Gasteiger partial charge on any atom is -0.478 e. The third kappa shape index (κ3) is 3.19. The Labute approximate surface area is 112 Å². The van der Waals surface area contributed by atoms with Gasteiger partial charge in [0.1, 0.15) is 0 Å². The van der Waals surface area contributed by atoms with Crippen LogP contribution in [-0.2, 0) is 17.9 Å². The smallest absolute Gasteiger partial charge is 0.350 e. The van der Waals surface area contributed by atoms with Crippen molar-refractivity contribution in [2.75, 3.05) is 0 Å². The second kappa shape index (κ2) is 5.95. The van der Waals surface area contributed by atoms with E-state index in [-0.39, 0.29) is 18.7 Å². The average Bonchev–Trinajstić information content (AvgIpc) is 2.33. The molecule has 1 heterocycles. The maximum Gasteiger partial charge on any atom is 0.350 e. The molecule has 0 fully saturated rings. The van der Waals surface area contributed by atoms with Crippen LogP contribution in [0.15, 0.2) is 27.4 Å². The molecule has 0 aliphatic carbocycles. The number of hydrogen-bond acceptors (Lipinski definition) is 5. The second-order valence-electron chi connectivity index (χ2n) is 4.06. The lowest BCUT2D eigenvalue weighted by atomic mass is 10.3. The zero-order chi connectivity index (χ0) is 15.4. The van der Waals surface area contributed by atoms with Crippen molar-refractivity contribution in [3.63, 3.8) is 0 Å². The monoisotopic (exact) mass is 283 g/mol. The van der Waals surface area contributed by atoms with Crippen LogP contribution in [0.4, 0.5) is 5.69 Å². The van der Waals surface area contributed by atoms with Gasteiger partial charge in [-0.15, -0.1) is 0 Å². The standard InChI is InChI=1S/C11H13N3O6/c1-3-12-6-8(14(19)20)10(17)13(11(12)18)5-7(2)4-9(15)16/h4,6H,3,5H2,1-2H3,(H,15,16). The van der Waals surface area contributed by atoms with Crippen LogP contribution in [0.1, 0.15) is 13.8 Å². The van der Waals surface area contributed by atoms with Crippen molar-refractivity contribution in [2.24, 2.45) is 0 Å². The highest BCUT2D eigenvalue weighted by Crippen LogP contribution is 2.02. The summed E-state index contributed by atoms with van der Waals surface area (Å²) < 4.78 is 1.67. The molecule has 0 amide bonds. The number of aryl methyl sites for hydroxylation is 1. The summed E-state index contributed by atoms with van der Waals surface area (Å²) in [7, 11) is 0. The number of nitro groups is 1. The van der Waals surface area contributed by atoms with Gasteiger partial charge in [0.05, 0.1) is 17.7 Å². The van der Waals surface area contributed by atoms with Crippen LogP contribution in [0.5, 0.6) is 0 Å². The van der Waals surface area contributed by atoms with Gasteiger partial charge in [-0.05, 0) is 19.4 Å². The number of aromatic nitrogens is 2. The number of carbonyl (C=O) groups is 1. The van der Waals surface area contributed by atoms with Gasteiger partial charge in [0.2, 0.25) is 0 Å². The first-order valence-corrected chi connectivity index (χ1v) is 5.66. The summed E-state index contributed by atoms with van der Waals surface area (Å²) in [5.41, 5.74) is -2.28. The fourth-order valence-corrected chi connectivity index (χ4v) is 1.64. The summed E-state index contributed by atoms with van der Waals surface area (Å²) in [6.45, 7) is 2.85. The summed E-state index contributed by atoms with van der Waals surface area (Å²) in [4.78, 5) is 44.2. The first-order chi connectivity index (χ1) is 9.27. The van der Waals surface area contributed by atoms with E-state index in [1.165, 1.54) is 6.92 Å². The van der Waals surface area contributed by atoms with Crippen molar-refractivity contribution in [2.45, 2.75) is 26.9 Å². The summed E-state index contributed by atoms with van der Waals surface area (Å²) in [5, 5.41) is 19.4. The molecule has 1 aromatic rings. The van der Waals surface area contributed by atoms with Gasteiger partial charge < -0.3 is 5.11 Å². The summed E-state index contributed by atoms with van der Waals surface area (Å²) >= 11 is 0. The molecule has 1 aromatic heterocycles. The Hall–Kier alpha value is -2.71. The molecule has 0 aliphatic heterocycles. The van der Waals surface area contributed by atoms with Crippen LogP contribution < -0.4 is 11.2 Å². The first-order valence-electron chi connectivity index (χ1n) is 5.66. The molecule has 0 unspecified atom stereocenters. The van der Waals surface area contributed by atoms with Crippen molar-refractivity contribution in [3.8, 4) is 0 Å². The minimum atomic E-state index is -1.23. The number of hydrogen-bond donors (Lipinski definition) is 1. The van der Waals surface area contributed by atoms with E-state index < -0.39 is 27.8 Å². The van der Waals surface area contributed by atoms with Crippen molar-refractivity contribution in [1.29, 1.82) is 0 Å². The SMILES string of the molecule is CCn1cc([N+](=O)[O-])c(=O)n(CC(C)=CC(=O)O)c1=O. The Morgan fingerprint density at radius 3 is 2.55 bits per heavy atom. The molecular weight excluding hydrogens is 270 g/mol. The van der Waals surface area contributed by atoms with E-state index in [0.29, 0.717) is 4.57 Å². The second-order valence-corrected chi connectivity index (χ2v) is 4.06. The Kier molecular flexibility index (Phi) is 4.57. The van der Waals surface area contributed by atoms with Crippen molar-refractivity contribution < 1.29 is 14.8 Å². The third-order valence-electron chi connectivity index (χ3n) is 2.53. The topological polar surface area (TPSA) is 124 Å². The highest BCUT2D eigenvalue weighted by atomic mass is 16.6. The van der Waals surface area contributed by atoms with Gasteiger partial charge in [0.15, 0.2) is 0 Å². The Balaban J connectivity index is 3.49.